The van der Waals surface area contributed by atoms with E-state index in [0.717, 1.165) is 23.7 Å². The average molecular weight is 380 g/mol. The Morgan fingerprint density at radius 2 is 2.04 bits per heavy atom. The van der Waals surface area contributed by atoms with Crippen molar-refractivity contribution >= 4 is 23.6 Å². The molecule has 1 aromatic rings. The SMILES string of the molecule is CC1(C)C(C#N)=C(SCC(=O)N2CCc3ccccc3C2)NC(=O)[C@H]1C#N. The predicted octanol–water partition coefficient (Wildman–Crippen LogP) is 2.34. The molecule has 27 heavy (non-hydrogen) atoms. The lowest BCUT2D eigenvalue weighted by Gasteiger charge is -2.34. The van der Waals surface area contributed by atoms with Crippen molar-refractivity contribution in [3.8, 4) is 12.1 Å². The standard InChI is InChI=1S/C20H20N4O2S/c1-20(2)15(9-21)18(26)23-19(16(20)10-22)27-12-17(25)24-8-7-13-5-3-4-6-14(13)11-24/h3-6,15H,7-8,11-12H2,1-2H3,(H,23,26)/t15-/m1/s1. The molecule has 1 N–H and O–H groups in total. The van der Waals surface area contributed by atoms with Gasteiger partial charge in [0, 0.05) is 18.5 Å². The Hall–Kier alpha value is -2.77. The Morgan fingerprint density at radius 1 is 1.33 bits per heavy atom. The number of hydrogen-bond acceptors (Lipinski definition) is 5. The number of rotatable bonds is 3. The maximum absolute atomic E-state index is 12.6. The Kier molecular flexibility index (Phi) is 5.25. The van der Waals surface area contributed by atoms with Crippen LogP contribution in [0.1, 0.15) is 25.0 Å². The Morgan fingerprint density at radius 3 is 2.70 bits per heavy atom. The van der Waals surface area contributed by atoms with Gasteiger partial charge in [0.05, 0.1) is 28.5 Å². The van der Waals surface area contributed by atoms with Crippen LogP contribution in [0.3, 0.4) is 0 Å². The lowest BCUT2D eigenvalue weighted by Crippen LogP contribution is -2.45. The molecule has 0 saturated carbocycles. The van der Waals surface area contributed by atoms with E-state index in [0.29, 0.717) is 23.7 Å². The largest absolute Gasteiger partial charge is 0.337 e. The van der Waals surface area contributed by atoms with Crippen molar-refractivity contribution in [2.75, 3.05) is 12.3 Å². The first-order valence-electron chi connectivity index (χ1n) is 8.71. The molecule has 0 aromatic heterocycles. The number of nitriles is 2. The molecular weight excluding hydrogens is 360 g/mol. The summed E-state index contributed by atoms with van der Waals surface area (Å²) >= 11 is 1.16. The number of carbonyl (C=O) groups excluding carboxylic acids is 2. The van der Waals surface area contributed by atoms with Crippen LogP contribution in [-0.4, -0.2) is 29.0 Å². The number of fused-ring (bicyclic) bond motifs is 1. The first kappa shape index (κ1) is 19.0. The zero-order valence-corrected chi connectivity index (χ0v) is 16.1. The van der Waals surface area contributed by atoms with Crippen LogP contribution in [0.5, 0.6) is 0 Å². The van der Waals surface area contributed by atoms with Gasteiger partial charge in [-0.25, -0.2) is 0 Å². The summed E-state index contributed by atoms with van der Waals surface area (Å²) in [5.74, 6) is -1.25. The minimum atomic E-state index is -0.925. The molecule has 0 bridgehead atoms. The molecule has 0 fully saturated rings. The number of thioether (sulfide) groups is 1. The van der Waals surface area contributed by atoms with E-state index < -0.39 is 17.2 Å². The van der Waals surface area contributed by atoms with Gasteiger partial charge in [-0.3, -0.25) is 9.59 Å². The summed E-state index contributed by atoms with van der Waals surface area (Å²) in [6.07, 6.45) is 0.826. The highest BCUT2D eigenvalue weighted by Gasteiger charge is 2.44. The number of nitrogens with one attached hydrogen (secondary N) is 1. The molecule has 0 radical (unpaired) electrons. The van der Waals surface area contributed by atoms with Crippen LogP contribution in [0.25, 0.3) is 0 Å². The summed E-state index contributed by atoms with van der Waals surface area (Å²) in [6.45, 7) is 4.66. The van der Waals surface area contributed by atoms with E-state index in [1.54, 1.807) is 18.7 Å². The average Bonchev–Trinajstić information content (AvgIpc) is 2.65. The lowest BCUT2D eigenvalue weighted by atomic mass is 9.72. The topological polar surface area (TPSA) is 97.0 Å². The Bertz CT molecular complexity index is 907. The van der Waals surface area contributed by atoms with Crippen LogP contribution >= 0.6 is 11.8 Å². The summed E-state index contributed by atoms with van der Waals surface area (Å²) in [5.41, 5.74) is 1.88. The second-order valence-corrected chi connectivity index (χ2v) is 8.20. The predicted molar refractivity (Wildman–Crippen MR) is 102 cm³/mol. The zero-order valence-electron chi connectivity index (χ0n) is 15.3. The van der Waals surface area contributed by atoms with Crippen molar-refractivity contribution in [1.82, 2.24) is 10.2 Å². The maximum atomic E-state index is 12.6. The molecule has 7 heteroatoms. The van der Waals surface area contributed by atoms with E-state index >= 15 is 0 Å². The second kappa shape index (κ2) is 7.46. The van der Waals surface area contributed by atoms with Gasteiger partial charge < -0.3 is 10.2 Å². The fourth-order valence-electron chi connectivity index (χ4n) is 3.47. The molecule has 2 aliphatic rings. The molecule has 1 atom stereocenters. The molecule has 0 saturated heterocycles. The lowest BCUT2D eigenvalue weighted by molar-refractivity contribution is -0.129. The third kappa shape index (κ3) is 3.56. The molecular formula is C20H20N4O2S. The van der Waals surface area contributed by atoms with Crippen molar-refractivity contribution in [2.45, 2.75) is 26.8 Å². The van der Waals surface area contributed by atoms with Gasteiger partial charge in [-0.15, -0.1) is 0 Å². The number of carbonyl (C=O) groups is 2. The van der Waals surface area contributed by atoms with Crippen molar-refractivity contribution in [1.29, 1.82) is 10.5 Å². The van der Waals surface area contributed by atoms with E-state index in [9.17, 15) is 20.1 Å². The highest BCUT2D eigenvalue weighted by molar-refractivity contribution is 8.03. The first-order chi connectivity index (χ1) is 12.9. The molecule has 0 unspecified atom stereocenters. The number of allylic oxidation sites excluding steroid dienone is 1. The second-order valence-electron chi connectivity index (χ2n) is 7.21. The molecule has 3 rings (SSSR count). The molecule has 0 aliphatic carbocycles. The van der Waals surface area contributed by atoms with Crippen LogP contribution < -0.4 is 5.32 Å². The van der Waals surface area contributed by atoms with E-state index in [4.69, 9.17) is 0 Å². The molecule has 2 amide bonds. The van der Waals surface area contributed by atoms with Crippen molar-refractivity contribution in [2.24, 2.45) is 11.3 Å². The third-order valence-electron chi connectivity index (χ3n) is 5.16. The molecule has 2 heterocycles. The van der Waals surface area contributed by atoms with Crippen molar-refractivity contribution < 1.29 is 9.59 Å². The minimum Gasteiger partial charge on any atom is -0.337 e. The van der Waals surface area contributed by atoms with Gasteiger partial charge in [0.15, 0.2) is 0 Å². The summed E-state index contributed by atoms with van der Waals surface area (Å²) in [4.78, 5) is 26.7. The number of benzene rings is 1. The smallest absolute Gasteiger partial charge is 0.243 e. The van der Waals surface area contributed by atoms with Gasteiger partial charge in [-0.2, -0.15) is 10.5 Å². The molecule has 0 spiro atoms. The number of nitrogens with zero attached hydrogens (tertiary/aromatic N) is 3. The highest BCUT2D eigenvalue weighted by atomic mass is 32.2. The number of hydrogen-bond donors (Lipinski definition) is 1. The quantitative estimate of drug-likeness (QED) is 0.868. The highest BCUT2D eigenvalue weighted by Crippen LogP contribution is 2.41. The summed E-state index contributed by atoms with van der Waals surface area (Å²) < 4.78 is 0. The monoisotopic (exact) mass is 380 g/mol. The van der Waals surface area contributed by atoms with E-state index in [-0.39, 0.29) is 11.7 Å². The fourth-order valence-corrected chi connectivity index (χ4v) is 4.54. The Labute approximate surface area is 162 Å². The van der Waals surface area contributed by atoms with Gasteiger partial charge in [-0.05, 0) is 17.5 Å². The van der Waals surface area contributed by atoms with Gasteiger partial charge in [-0.1, -0.05) is 49.9 Å². The van der Waals surface area contributed by atoms with Gasteiger partial charge in [0.25, 0.3) is 0 Å². The molecule has 1 aromatic carbocycles. The van der Waals surface area contributed by atoms with Crippen molar-refractivity contribution in [3.05, 3.63) is 46.0 Å². The first-order valence-corrected chi connectivity index (χ1v) is 9.69. The summed E-state index contributed by atoms with van der Waals surface area (Å²) in [5, 5.41) is 21.8. The van der Waals surface area contributed by atoms with Crippen LogP contribution in [0.15, 0.2) is 34.9 Å². The normalized spacial score (nSPS) is 21.0. The van der Waals surface area contributed by atoms with E-state index in [1.165, 1.54) is 5.56 Å². The van der Waals surface area contributed by atoms with E-state index in [2.05, 4.69) is 17.5 Å². The van der Waals surface area contributed by atoms with Crippen LogP contribution in [-0.2, 0) is 22.6 Å². The minimum absolute atomic E-state index is 0.0336. The van der Waals surface area contributed by atoms with Crippen LogP contribution in [0.4, 0.5) is 0 Å². The summed E-state index contributed by atoms with van der Waals surface area (Å²) in [6, 6.07) is 12.2. The third-order valence-corrected chi connectivity index (χ3v) is 6.14. The van der Waals surface area contributed by atoms with Gasteiger partial charge >= 0.3 is 0 Å². The van der Waals surface area contributed by atoms with Crippen LogP contribution in [0, 0.1) is 34.0 Å². The van der Waals surface area contributed by atoms with E-state index in [1.807, 2.05) is 24.3 Å². The molecule has 6 nitrogen and oxygen atoms in total. The number of amides is 2. The van der Waals surface area contributed by atoms with Crippen molar-refractivity contribution in [3.63, 3.8) is 0 Å². The maximum Gasteiger partial charge on any atom is 0.243 e. The zero-order chi connectivity index (χ0) is 19.6. The van der Waals surface area contributed by atoms with Crippen LogP contribution in [0.2, 0.25) is 0 Å². The van der Waals surface area contributed by atoms with Gasteiger partial charge in [0.2, 0.25) is 11.8 Å². The molecule has 138 valence electrons. The van der Waals surface area contributed by atoms with Gasteiger partial charge in [0.1, 0.15) is 5.92 Å². The Balaban J connectivity index is 1.72. The fraction of sp³-hybridized carbons (Fsp3) is 0.400. The molecule has 2 aliphatic heterocycles. The summed E-state index contributed by atoms with van der Waals surface area (Å²) in [7, 11) is 0.